The molecular formula is C27H31F3N4O3. The van der Waals surface area contributed by atoms with E-state index >= 15 is 0 Å². The molecule has 10 heteroatoms. The molecule has 4 rings (SSSR count). The first-order valence-electron chi connectivity index (χ1n) is 12.1. The van der Waals surface area contributed by atoms with E-state index in [2.05, 4.69) is 10.3 Å². The molecular weight excluding hydrogens is 485 g/mol. The number of amides is 1. The van der Waals surface area contributed by atoms with E-state index in [9.17, 15) is 18.0 Å². The Labute approximate surface area is 214 Å². The topological polar surface area (TPSA) is 69.5 Å². The molecule has 1 aliphatic rings. The average Bonchev–Trinajstić information content (AvgIpc) is 3.28. The van der Waals surface area contributed by atoms with Gasteiger partial charge in [-0.15, -0.1) is 5.10 Å². The summed E-state index contributed by atoms with van der Waals surface area (Å²) in [6.45, 7) is 5.72. The number of likely N-dealkylation sites (tertiary alicyclic amines) is 1. The van der Waals surface area contributed by atoms with Crippen LogP contribution in [0.15, 0.2) is 60.8 Å². The molecule has 37 heavy (non-hydrogen) atoms. The number of carbonyl (C=O) groups excluding carboxylic acids is 1. The van der Waals surface area contributed by atoms with Crippen LogP contribution in [0.25, 0.3) is 0 Å². The number of ether oxygens (including phenoxy) is 2. The molecule has 0 aliphatic carbocycles. The van der Waals surface area contributed by atoms with E-state index in [0.717, 1.165) is 17.7 Å². The standard InChI is InChI=1S/C27H31F3N4O3/c1-25(2,3)37-24(35)34-15-9-14-26(22-17-31-32-33(22)4,23(34)20-11-6-5-7-12-20)36-18-19-10-8-13-21(16-19)27(28,29)30/h5-8,10-13,16-17,23H,9,14-15,18H2,1-4H3. The number of piperidine rings is 1. The van der Waals surface area contributed by atoms with Gasteiger partial charge < -0.3 is 9.47 Å². The molecule has 2 unspecified atom stereocenters. The molecule has 1 aromatic heterocycles. The van der Waals surface area contributed by atoms with Gasteiger partial charge in [0.05, 0.1) is 30.1 Å². The molecule has 2 heterocycles. The SMILES string of the molecule is Cn1nncc1C1(OCc2cccc(C(F)(F)F)c2)CCCN(C(=O)OC(C)(C)C)C1c1ccccc1. The molecule has 0 saturated carbocycles. The Morgan fingerprint density at radius 2 is 1.84 bits per heavy atom. The molecule has 0 radical (unpaired) electrons. The third kappa shape index (κ3) is 5.79. The first-order chi connectivity index (χ1) is 17.4. The van der Waals surface area contributed by atoms with Gasteiger partial charge in [-0.05, 0) is 56.9 Å². The van der Waals surface area contributed by atoms with Gasteiger partial charge in [-0.25, -0.2) is 9.48 Å². The van der Waals surface area contributed by atoms with Crippen molar-refractivity contribution >= 4 is 6.09 Å². The van der Waals surface area contributed by atoms with Gasteiger partial charge in [-0.2, -0.15) is 13.2 Å². The highest BCUT2D eigenvalue weighted by molar-refractivity contribution is 5.69. The Morgan fingerprint density at radius 3 is 2.46 bits per heavy atom. The minimum Gasteiger partial charge on any atom is -0.444 e. The van der Waals surface area contributed by atoms with E-state index < -0.39 is 35.1 Å². The zero-order valence-corrected chi connectivity index (χ0v) is 21.3. The fourth-order valence-corrected chi connectivity index (χ4v) is 4.85. The third-order valence-corrected chi connectivity index (χ3v) is 6.34. The summed E-state index contributed by atoms with van der Waals surface area (Å²) < 4.78 is 54.0. The van der Waals surface area contributed by atoms with Crippen molar-refractivity contribution in [2.45, 2.75) is 63.6 Å². The van der Waals surface area contributed by atoms with Gasteiger partial charge >= 0.3 is 12.3 Å². The smallest absolute Gasteiger partial charge is 0.416 e. The van der Waals surface area contributed by atoms with E-state index in [0.29, 0.717) is 30.6 Å². The van der Waals surface area contributed by atoms with E-state index in [-0.39, 0.29) is 6.61 Å². The molecule has 0 N–H and O–H groups in total. The van der Waals surface area contributed by atoms with Crippen molar-refractivity contribution in [3.05, 3.63) is 83.2 Å². The molecule has 1 saturated heterocycles. The molecule has 0 bridgehead atoms. The number of hydrogen-bond acceptors (Lipinski definition) is 5. The zero-order valence-electron chi connectivity index (χ0n) is 21.3. The highest BCUT2D eigenvalue weighted by Crippen LogP contribution is 2.49. The molecule has 2 aromatic carbocycles. The average molecular weight is 517 g/mol. The Hall–Kier alpha value is -3.40. The van der Waals surface area contributed by atoms with Crippen LogP contribution < -0.4 is 0 Å². The predicted octanol–water partition coefficient (Wildman–Crippen LogP) is 6.02. The van der Waals surface area contributed by atoms with Crippen LogP contribution in [0.5, 0.6) is 0 Å². The first-order valence-corrected chi connectivity index (χ1v) is 12.1. The van der Waals surface area contributed by atoms with Gasteiger partial charge in [0.1, 0.15) is 11.2 Å². The number of carbonyl (C=O) groups is 1. The van der Waals surface area contributed by atoms with Crippen LogP contribution in [0.1, 0.15) is 62.0 Å². The van der Waals surface area contributed by atoms with Crippen molar-refractivity contribution in [3.8, 4) is 0 Å². The summed E-state index contributed by atoms with van der Waals surface area (Å²) >= 11 is 0. The molecule has 3 aromatic rings. The van der Waals surface area contributed by atoms with E-state index in [1.807, 2.05) is 30.3 Å². The third-order valence-electron chi connectivity index (χ3n) is 6.34. The molecule has 7 nitrogen and oxygen atoms in total. The van der Waals surface area contributed by atoms with Crippen molar-refractivity contribution in [2.75, 3.05) is 6.54 Å². The monoisotopic (exact) mass is 516 g/mol. The predicted molar refractivity (Wildman–Crippen MR) is 130 cm³/mol. The number of alkyl halides is 3. The molecule has 1 amide bonds. The van der Waals surface area contributed by atoms with Crippen LogP contribution in [-0.2, 0) is 34.9 Å². The molecule has 1 fully saturated rings. The van der Waals surface area contributed by atoms with Crippen LogP contribution in [0.4, 0.5) is 18.0 Å². The maximum atomic E-state index is 13.5. The number of benzene rings is 2. The van der Waals surface area contributed by atoms with Crippen LogP contribution >= 0.6 is 0 Å². The number of aromatic nitrogens is 3. The van der Waals surface area contributed by atoms with E-state index in [1.54, 1.807) is 49.7 Å². The van der Waals surface area contributed by atoms with Crippen LogP contribution in [0.3, 0.4) is 0 Å². The quantitative estimate of drug-likeness (QED) is 0.415. The van der Waals surface area contributed by atoms with Gasteiger partial charge in [-0.1, -0.05) is 47.7 Å². The Kier molecular flexibility index (Phi) is 7.32. The minimum atomic E-state index is -4.47. The molecule has 198 valence electrons. The summed E-state index contributed by atoms with van der Waals surface area (Å²) in [5.41, 5.74) is -0.831. The number of aryl methyl sites for hydroxylation is 1. The summed E-state index contributed by atoms with van der Waals surface area (Å²) in [4.78, 5) is 15.1. The number of hydrogen-bond donors (Lipinski definition) is 0. The normalized spacial score (nSPS) is 20.6. The lowest BCUT2D eigenvalue weighted by Gasteiger charge is -2.49. The first kappa shape index (κ1) is 26.7. The van der Waals surface area contributed by atoms with Crippen LogP contribution in [-0.4, -0.2) is 38.1 Å². The highest BCUT2D eigenvalue weighted by Gasteiger charge is 2.52. The lowest BCUT2D eigenvalue weighted by Crippen LogP contribution is -2.54. The van der Waals surface area contributed by atoms with Gasteiger partial charge in [0.2, 0.25) is 0 Å². The van der Waals surface area contributed by atoms with Gasteiger partial charge in [0.15, 0.2) is 0 Å². The van der Waals surface area contributed by atoms with Crippen molar-refractivity contribution in [3.63, 3.8) is 0 Å². The van der Waals surface area contributed by atoms with E-state index in [4.69, 9.17) is 9.47 Å². The highest BCUT2D eigenvalue weighted by atomic mass is 19.4. The van der Waals surface area contributed by atoms with Gasteiger partial charge in [-0.3, -0.25) is 4.90 Å². The van der Waals surface area contributed by atoms with Crippen LogP contribution in [0.2, 0.25) is 0 Å². The summed E-state index contributed by atoms with van der Waals surface area (Å²) in [5.74, 6) is 0. The van der Waals surface area contributed by atoms with Crippen molar-refractivity contribution in [1.29, 1.82) is 0 Å². The second kappa shape index (κ2) is 10.2. The Bertz CT molecular complexity index is 1220. The summed E-state index contributed by atoms with van der Waals surface area (Å²) in [6, 6.07) is 13.9. The maximum absolute atomic E-state index is 13.5. The fourth-order valence-electron chi connectivity index (χ4n) is 4.85. The largest absolute Gasteiger partial charge is 0.444 e. The van der Waals surface area contributed by atoms with Crippen molar-refractivity contribution in [2.24, 2.45) is 7.05 Å². The van der Waals surface area contributed by atoms with E-state index in [1.165, 1.54) is 6.07 Å². The summed E-state index contributed by atoms with van der Waals surface area (Å²) in [7, 11) is 1.73. The molecule has 1 aliphatic heterocycles. The summed E-state index contributed by atoms with van der Waals surface area (Å²) in [5, 5.41) is 8.15. The molecule has 2 atom stereocenters. The molecule has 0 spiro atoms. The van der Waals surface area contributed by atoms with Crippen molar-refractivity contribution < 1.29 is 27.4 Å². The second-order valence-corrected chi connectivity index (χ2v) is 10.2. The maximum Gasteiger partial charge on any atom is 0.416 e. The lowest BCUT2D eigenvalue weighted by molar-refractivity contribution is -0.147. The Morgan fingerprint density at radius 1 is 1.11 bits per heavy atom. The number of rotatable bonds is 5. The summed E-state index contributed by atoms with van der Waals surface area (Å²) in [6.07, 6.45) is -2.31. The minimum absolute atomic E-state index is 0.111. The van der Waals surface area contributed by atoms with Gasteiger partial charge in [0.25, 0.3) is 0 Å². The van der Waals surface area contributed by atoms with Crippen LogP contribution in [0, 0.1) is 0 Å². The number of halogens is 3. The Balaban J connectivity index is 1.81. The number of nitrogens with zero attached hydrogens (tertiary/aromatic N) is 4. The van der Waals surface area contributed by atoms with Crippen molar-refractivity contribution in [1.82, 2.24) is 19.9 Å². The zero-order chi connectivity index (χ0) is 26.8. The lowest BCUT2D eigenvalue weighted by atomic mass is 9.78. The second-order valence-electron chi connectivity index (χ2n) is 10.2. The van der Waals surface area contributed by atoms with Gasteiger partial charge in [0, 0.05) is 13.6 Å². The fraction of sp³-hybridized carbons (Fsp3) is 0.444.